The largest absolute Gasteiger partial charge is 0.466 e. The molecule has 0 aromatic rings. The number of carbonyl (C=O) groups is 2. The Morgan fingerprint density at radius 1 is 1.29 bits per heavy atom. The van der Waals surface area contributed by atoms with Gasteiger partial charge in [-0.2, -0.15) is 0 Å². The second kappa shape index (κ2) is 8.06. The molecule has 98 valence electrons. The predicted molar refractivity (Wildman–Crippen MR) is 62.4 cm³/mol. The SMILES string of the molecule is CCOC(=O)CCC(=O)NCC1CCOCC1. The Morgan fingerprint density at radius 3 is 2.65 bits per heavy atom. The van der Waals surface area contributed by atoms with Gasteiger partial charge in [-0.1, -0.05) is 0 Å². The topological polar surface area (TPSA) is 64.6 Å². The Morgan fingerprint density at radius 2 is 2.00 bits per heavy atom. The van der Waals surface area contributed by atoms with Gasteiger partial charge in [-0.05, 0) is 25.7 Å². The standard InChI is InChI=1S/C12H21NO4/c1-2-17-12(15)4-3-11(14)13-9-10-5-7-16-8-6-10/h10H,2-9H2,1H3,(H,13,14). The average molecular weight is 243 g/mol. The van der Waals surface area contributed by atoms with Crippen LogP contribution in [0.1, 0.15) is 32.6 Å². The van der Waals surface area contributed by atoms with Crippen LogP contribution in [0.3, 0.4) is 0 Å². The molecule has 0 unspecified atom stereocenters. The molecule has 5 nitrogen and oxygen atoms in total. The molecule has 0 spiro atoms. The molecule has 1 amide bonds. The minimum absolute atomic E-state index is 0.0791. The van der Waals surface area contributed by atoms with Crippen LogP contribution < -0.4 is 5.32 Å². The van der Waals surface area contributed by atoms with Crippen molar-refractivity contribution in [2.24, 2.45) is 5.92 Å². The Kier molecular flexibility index (Phi) is 6.62. The monoisotopic (exact) mass is 243 g/mol. The van der Waals surface area contributed by atoms with Crippen molar-refractivity contribution in [3.8, 4) is 0 Å². The fourth-order valence-corrected chi connectivity index (χ4v) is 1.75. The molecule has 1 aliphatic rings. The lowest BCUT2D eigenvalue weighted by Crippen LogP contribution is -2.32. The van der Waals surface area contributed by atoms with Crippen LogP contribution in [-0.2, 0) is 19.1 Å². The molecule has 1 heterocycles. The maximum absolute atomic E-state index is 11.4. The second-order valence-electron chi connectivity index (χ2n) is 4.16. The molecule has 0 aliphatic carbocycles. The van der Waals surface area contributed by atoms with E-state index in [0.29, 0.717) is 19.1 Å². The van der Waals surface area contributed by atoms with Gasteiger partial charge in [0.25, 0.3) is 0 Å². The predicted octanol–water partition coefficient (Wildman–Crippen LogP) is 0.872. The van der Waals surface area contributed by atoms with Crippen LogP contribution in [0.4, 0.5) is 0 Å². The average Bonchev–Trinajstić information content (AvgIpc) is 2.35. The van der Waals surface area contributed by atoms with Crippen molar-refractivity contribution in [3.05, 3.63) is 0 Å². The summed E-state index contributed by atoms with van der Waals surface area (Å²) >= 11 is 0. The quantitative estimate of drug-likeness (QED) is 0.703. The normalized spacial score (nSPS) is 16.5. The molecule has 0 saturated carbocycles. The number of hydrogen-bond acceptors (Lipinski definition) is 4. The Labute approximate surface area is 102 Å². The number of esters is 1. The molecular formula is C12H21NO4. The molecule has 1 N–H and O–H groups in total. The van der Waals surface area contributed by atoms with Gasteiger partial charge in [-0.3, -0.25) is 9.59 Å². The van der Waals surface area contributed by atoms with Gasteiger partial charge in [-0.15, -0.1) is 0 Å². The lowest BCUT2D eigenvalue weighted by atomic mass is 10.0. The van der Waals surface area contributed by atoms with Gasteiger partial charge in [0.1, 0.15) is 0 Å². The maximum Gasteiger partial charge on any atom is 0.306 e. The number of ether oxygens (including phenoxy) is 2. The summed E-state index contributed by atoms with van der Waals surface area (Å²) in [5.74, 6) is 0.119. The number of nitrogens with one attached hydrogen (secondary N) is 1. The molecule has 1 aliphatic heterocycles. The first-order valence-electron chi connectivity index (χ1n) is 6.22. The number of carbonyl (C=O) groups excluding carboxylic acids is 2. The summed E-state index contributed by atoms with van der Waals surface area (Å²) in [4.78, 5) is 22.5. The first-order valence-corrected chi connectivity index (χ1v) is 6.22. The van der Waals surface area contributed by atoms with Gasteiger partial charge in [0.15, 0.2) is 0 Å². The van der Waals surface area contributed by atoms with E-state index >= 15 is 0 Å². The smallest absolute Gasteiger partial charge is 0.306 e. The molecule has 1 saturated heterocycles. The van der Waals surface area contributed by atoms with Gasteiger partial charge in [0.2, 0.25) is 5.91 Å². The van der Waals surface area contributed by atoms with Crippen LogP contribution in [0.15, 0.2) is 0 Å². The summed E-state index contributed by atoms with van der Waals surface area (Å²) in [6.07, 6.45) is 2.37. The van der Waals surface area contributed by atoms with Gasteiger partial charge < -0.3 is 14.8 Å². The van der Waals surface area contributed by atoms with Crippen molar-refractivity contribution >= 4 is 11.9 Å². The molecule has 0 aromatic carbocycles. The lowest BCUT2D eigenvalue weighted by Gasteiger charge is -2.22. The van der Waals surface area contributed by atoms with E-state index in [-0.39, 0.29) is 24.7 Å². The minimum Gasteiger partial charge on any atom is -0.466 e. The first kappa shape index (κ1) is 14.0. The van der Waals surface area contributed by atoms with Crippen molar-refractivity contribution in [1.82, 2.24) is 5.32 Å². The number of hydrogen-bond donors (Lipinski definition) is 1. The van der Waals surface area contributed by atoms with Crippen molar-refractivity contribution in [2.45, 2.75) is 32.6 Å². The zero-order chi connectivity index (χ0) is 12.5. The van der Waals surface area contributed by atoms with Crippen LogP contribution in [0.5, 0.6) is 0 Å². The Bertz CT molecular complexity index is 249. The van der Waals surface area contributed by atoms with E-state index < -0.39 is 0 Å². The van der Waals surface area contributed by atoms with Crippen LogP contribution in [0, 0.1) is 5.92 Å². The second-order valence-corrected chi connectivity index (χ2v) is 4.16. The van der Waals surface area contributed by atoms with Crippen molar-refractivity contribution in [2.75, 3.05) is 26.4 Å². The van der Waals surface area contributed by atoms with E-state index in [0.717, 1.165) is 26.1 Å². The Hall–Kier alpha value is -1.10. The molecule has 0 radical (unpaired) electrons. The van der Waals surface area contributed by atoms with Crippen LogP contribution in [0.25, 0.3) is 0 Å². The molecule has 17 heavy (non-hydrogen) atoms. The third kappa shape index (κ3) is 6.26. The summed E-state index contributed by atoms with van der Waals surface area (Å²) in [6.45, 7) is 4.36. The summed E-state index contributed by atoms with van der Waals surface area (Å²) in [5.41, 5.74) is 0. The highest BCUT2D eigenvalue weighted by Gasteiger charge is 2.15. The van der Waals surface area contributed by atoms with Crippen molar-refractivity contribution in [3.63, 3.8) is 0 Å². The van der Waals surface area contributed by atoms with E-state index in [1.165, 1.54) is 0 Å². The first-order chi connectivity index (χ1) is 8.22. The highest BCUT2D eigenvalue weighted by Crippen LogP contribution is 2.13. The van der Waals surface area contributed by atoms with Crippen LogP contribution >= 0.6 is 0 Å². The van der Waals surface area contributed by atoms with Gasteiger partial charge in [0, 0.05) is 26.2 Å². The van der Waals surface area contributed by atoms with Gasteiger partial charge in [0.05, 0.1) is 13.0 Å². The zero-order valence-electron chi connectivity index (χ0n) is 10.4. The lowest BCUT2D eigenvalue weighted by molar-refractivity contribution is -0.144. The van der Waals surface area contributed by atoms with Crippen molar-refractivity contribution < 1.29 is 19.1 Å². The van der Waals surface area contributed by atoms with E-state index in [1.54, 1.807) is 6.92 Å². The molecular weight excluding hydrogens is 222 g/mol. The van der Waals surface area contributed by atoms with Crippen LogP contribution in [0.2, 0.25) is 0 Å². The number of rotatable bonds is 6. The van der Waals surface area contributed by atoms with E-state index in [4.69, 9.17) is 9.47 Å². The molecule has 0 bridgehead atoms. The summed E-state index contributed by atoms with van der Waals surface area (Å²) < 4.78 is 9.99. The molecule has 0 atom stereocenters. The molecule has 1 fully saturated rings. The molecule has 5 heteroatoms. The van der Waals surface area contributed by atoms with E-state index in [9.17, 15) is 9.59 Å². The van der Waals surface area contributed by atoms with Gasteiger partial charge in [-0.25, -0.2) is 0 Å². The minimum atomic E-state index is -0.311. The fourth-order valence-electron chi connectivity index (χ4n) is 1.75. The highest BCUT2D eigenvalue weighted by molar-refractivity contribution is 5.81. The van der Waals surface area contributed by atoms with E-state index in [2.05, 4.69) is 5.32 Å². The maximum atomic E-state index is 11.4. The summed E-state index contributed by atoms with van der Waals surface area (Å²) in [6, 6.07) is 0. The van der Waals surface area contributed by atoms with E-state index in [1.807, 2.05) is 0 Å². The molecule has 1 rings (SSSR count). The highest BCUT2D eigenvalue weighted by atomic mass is 16.5. The fraction of sp³-hybridized carbons (Fsp3) is 0.833. The summed E-state index contributed by atoms with van der Waals surface area (Å²) in [7, 11) is 0. The van der Waals surface area contributed by atoms with Gasteiger partial charge >= 0.3 is 5.97 Å². The third-order valence-electron chi connectivity index (χ3n) is 2.79. The zero-order valence-corrected chi connectivity index (χ0v) is 10.4. The third-order valence-corrected chi connectivity index (χ3v) is 2.79. The number of amides is 1. The van der Waals surface area contributed by atoms with Crippen molar-refractivity contribution in [1.29, 1.82) is 0 Å². The Balaban J connectivity index is 2.06. The van der Waals surface area contributed by atoms with Crippen LogP contribution in [-0.4, -0.2) is 38.2 Å². The molecule has 0 aromatic heterocycles. The summed E-state index contributed by atoms with van der Waals surface area (Å²) in [5, 5.41) is 2.85.